The highest BCUT2D eigenvalue weighted by Gasteiger charge is 2.25. The van der Waals surface area contributed by atoms with Crippen molar-refractivity contribution in [2.45, 2.75) is 56.7 Å². The maximum absolute atomic E-state index is 11.7. The summed E-state index contributed by atoms with van der Waals surface area (Å²) in [6.07, 6.45) is 0.605. The Bertz CT molecular complexity index is 514. The molecule has 2 N–H and O–H groups in total. The first-order valence-corrected chi connectivity index (χ1v) is 8.82. The third-order valence-electron chi connectivity index (χ3n) is 3.52. The first-order chi connectivity index (χ1) is 10.4. The second kappa shape index (κ2) is 7.38. The van der Waals surface area contributed by atoms with Gasteiger partial charge in [-0.15, -0.1) is 11.8 Å². The summed E-state index contributed by atoms with van der Waals surface area (Å²) in [6.45, 7) is 8.32. The summed E-state index contributed by atoms with van der Waals surface area (Å²) >= 11 is 1.89. The quantitative estimate of drug-likeness (QED) is 0.867. The molecule has 1 aliphatic heterocycles. The summed E-state index contributed by atoms with van der Waals surface area (Å²) in [6, 6.07) is 9.10. The van der Waals surface area contributed by atoms with Gasteiger partial charge in [0.05, 0.1) is 0 Å². The largest absolute Gasteiger partial charge is 0.444 e. The van der Waals surface area contributed by atoms with Gasteiger partial charge in [-0.2, -0.15) is 0 Å². The monoisotopic (exact) mass is 322 g/mol. The van der Waals surface area contributed by atoms with Gasteiger partial charge in [0.25, 0.3) is 0 Å². The fourth-order valence-corrected chi connectivity index (χ4v) is 3.60. The van der Waals surface area contributed by atoms with Gasteiger partial charge < -0.3 is 15.4 Å². The lowest BCUT2D eigenvalue weighted by Crippen LogP contribution is -2.43. The van der Waals surface area contributed by atoms with E-state index in [1.54, 1.807) is 0 Å². The standard InChI is InChI=1S/C17H26N2O2S/c1-5-12(10-18-16(20)21-17(2,3)4)19-14-11-22-15-9-7-6-8-13(14)15/h6-9,12,14,19H,5,10-11H2,1-4H3,(H,18,20). The highest BCUT2D eigenvalue weighted by atomic mass is 32.2. The third kappa shape index (κ3) is 4.92. The normalized spacial score (nSPS) is 18.6. The summed E-state index contributed by atoms with van der Waals surface area (Å²) in [5.74, 6) is 1.04. The van der Waals surface area contributed by atoms with Gasteiger partial charge in [-0.3, -0.25) is 0 Å². The van der Waals surface area contributed by atoms with Crippen LogP contribution < -0.4 is 10.6 Å². The van der Waals surface area contributed by atoms with Crippen LogP contribution in [-0.4, -0.2) is 30.0 Å². The molecule has 2 unspecified atom stereocenters. The number of nitrogens with one attached hydrogen (secondary N) is 2. The van der Waals surface area contributed by atoms with Crippen molar-refractivity contribution < 1.29 is 9.53 Å². The molecule has 22 heavy (non-hydrogen) atoms. The zero-order chi connectivity index (χ0) is 16.2. The van der Waals surface area contributed by atoms with Crippen molar-refractivity contribution in [2.75, 3.05) is 12.3 Å². The minimum absolute atomic E-state index is 0.240. The lowest BCUT2D eigenvalue weighted by molar-refractivity contribution is 0.0521. The molecule has 0 saturated heterocycles. The minimum Gasteiger partial charge on any atom is -0.444 e. The molecule has 0 spiro atoms. The van der Waals surface area contributed by atoms with E-state index in [2.05, 4.69) is 41.8 Å². The molecule has 0 radical (unpaired) electrons. The van der Waals surface area contributed by atoms with E-state index in [1.807, 2.05) is 32.5 Å². The summed E-state index contributed by atoms with van der Waals surface area (Å²) < 4.78 is 5.28. The van der Waals surface area contributed by atoms with Crippen molar-refractivity contribution in [3.8, 4) is 0 Å². The summed E-state index contributed by atoms with van der Waals surface area (Å²) in [4.78, 5) is 13.1. The summed E-state index contributed by atoms with van der Waals surface area (Å²) in [7, 11) is 0. The Morgan fingerprint density at radius 2 is 2.14 bits per heavy atom. The highest BCUT2D eigenvalue weighted by molar-refractivity contribution is 7.99. The van der Waals surface area contributed by atoms with E-state index in [-0.39, 0.29) is 12.1 Å². The number of alkyl carbamates (subject to hydrolysis) is 1. The average molecular weight is 322 g/mol. The number of hydrogen-bond acceptors (Lipinski definition) is 4. The van der Waals surface area contributed by atoms with E-state index in [4.69, 9.17) is 4.74 Å². The Morgan fingerprint density at radius 3 is 2.82 bits per heavy atom. The zero-order valence-electron chi connectivity index (χ0n) is 13.8. The SMILES string of the molecule is CCC(CNC(=O)OC(C)(C)C)NC1CSc2ccccc21. The maximum Gasteiger partial charge on any atom is 0.407 e. The minimum atomic E-state index is -0.458. The Morgan fingerprint density at radius 1 is 1.41 bits per heavy atom. The van der Waals surface area contributed by atoms with Crippen molar-refractivity contribution in [3.63, 3.8) is 0 Å². The molecule has 2 rings (SSSR count). The first kappa shape index (κ1) is 17.2. The van der Waals surface area contributed by atoms with E-state index < -0.39 is 5.60 Å². The molecule has 1 aromatic rings. The topological polar surface area (TPSA) is 50.4 Å². The van der Waals surface area contributed by atoms with Crippen molar-refractivity contribution in [3.05, 3.63) is 29.8 Å². The van der Waals surface area contributed by atoms with Crippen molar-refractivity contribution >= 4 is 17.9 Å². The second-order valence-corrected chi connectivity index (χ2v) is 7.62. The van der Waals surface area contributed by atoms with Crippen LogP contribution in [0.2, 0.25) is 0 Å². The molecule has 1 aliphatic rings. The molecule has 4 nitrogen and oxygen atoms in total. The molecular weight excluding hydrogens is 296 g/mol. The van der Waals surface area contributed by atoms with Crippen molar-refractivity contribution in [2.24, 2.45) is 0 Å². The molecule has 1 aromatic carbocycles. The molecular formula is C17H26N2O2S. The number of thioether (sulfide) groups is 1. The van der Waals surface area contributed by atoms with Gasteiger partial charge in [0.15, 0.2) is 0 Å². The lowest BCUT2D eigenvalue weighted by Gasteiger charge is -2.24. The molecule has 0 bridgehead atoms. The van der Waals surface area contributed by atoms with E-state index >= 15 is 0 Å². The number of rotatable bonds is 5. The predicted molar refractivity (Wildman–Crippen MR) is 91.4 cm³/mol. The molecule has 1 amide bonds. The molecule has 1 heterocycles. The number of amides is 1. The highest BCUT2D eigenvalue weighted by Crippen LogP contribution is 2.37. The van der Waals surface area contributed by atoms with Crippen LogP contribution >= 0.6 is 11.8 Å². The molecule has 0 aliphatic carbocycles. The number of fused-ring (bicyclic) bond motifs is 1. The number of hydrogen-bond donors (Lipinski definition) is 2. The van der Waals surface area contributed by atoms with Gasteiger partial charge in [-0.25, -0.2) is 4.79 Å². The molecule has 2 atom stereocenters. The molecule has 5 heteroatoms. The number of carbonyl (C=O) groups is 1. The van der Waals surface area contributed by atoms with Crippen LogP contribution in [0.3, 0.4) is 0 Å². The molecule has 0 aromatic heterocycles. The molecule has 0 saturated carbocycles. The first-order valence-electron chi connectivity index (χ1n) is 7.83. The Hall–Kier alpha value is -1.20. The number of ether oxygens (including phenoxy) is 1. The van der Waals surface area contributed by atoms with Crippen LogP contribution in [0.15, 0.2) is 29.2 Å². The van der Waals surface area contributed by atoms with E-state index in [1.165, 1.54) is 10.5 Å². The Balaban J connectivity index is 1.85. The van der Waals surface area contributed by atoms with Gasteiger partial charge in [0.2, 0.25) is 0 Å². The summed E-state index contributed by atoms with van der Waals surface area (Å²) in [5.41, 5.74) is 0.906. The smallest absolute Gasteiger partial charge is 0.407 e. The van der Waals surface area contributed by atoms with E-state index in [0.717, 1.165) is 12.2 Å². The molecule has 0 fully saturated rings. The third-order valence-corrected chi connectivity index (χ3v) is 4.70. The maximum atomic E-state index is 11.7. The fourth-order valence-electron chi connectivity index (χ4n) is 2.43. The van der Waals surface area contributed by atoms with E-state index in [9.17, 15) is 4.79 Å². The lowest BCUT2D eigenvalue weighted by atomic mass is 10.1. The van der Waals surface area contributed by atoms with Crippen LogP contribution in [0.25, 0.3) is 0 Å². The van der Waals surface area contributed by atoms with Gasteiger partial charge in [0.1, 0.15) is 5.60 Å². The Labute approximate surface area is 137 Å². The zero-order valence-corrected chi connectivity index (χ0v) is 14.6. The van der Waals surface area contributed by atoms with Crippen LogP contribution in [0.5, 0.6) is 0 Å². The average Bonchev–Trinajstić information content (AvgIpc) is 2.85. The van der Waals surface area contributed by atoms with Gasteiger partial charge in [0, 0.05) is 29.3 Å². The van der Waals surface area contributed by atoms with Gasteiger partial charge in [-0.1, -0.05) is 25.1 Å². The van der Waals surface area contributed by atoms with Crippen LogP contribution in [0.4, 0.5) is 4.79 Å². The number of benzene rings is 1. The predicted octanol–water partition coefficient (Wildman–Crippen LogP) is 3.73. The van der Waals surface area contributed by atoms with Crippen LogP contribution in [-0.2, 0) is 4.74 Å². The number of carbonyl (C=O) groups excluding carboxylic acids is 1. The summed E-state index contributed by atoms with van der Waals surface area (Å²) in [5, 5.41) is 6.51. The van der Waals surface area contributed by atoms with Crippen molar-refractivity contribution in [1.29, 1.82) is 0 Å². The Kier molecular flexibility index (Phi) is 5.75. The van der Waals surface area contributed by atoms with Crippen LogP contribution in [0.1, 0.15) is 45.7 Å². The van der Waals surface area contributed by atoms with Gasteiger partial charge in [-0.05, 0) is 38.8 Å². The van der Waals surface area contributed by atoms with Gasteiger partial charge >= 0.3 is 6.09 Å². The fraction of sp³-hybridized carbons (Fsp3) is 0.588. The molecule has 122 valence electrons. The second-order valence-electron chi connectivity index (χ2n) is 6.56. The van der Waals surface area contributed by atoms with E-state index in [0.29, 0.717) is 12.6 Å². The van der Waals surface area contributed by atoms with Crippen molar-refractivity contribution in [1.82, 2.24) is 10.6 Å². The van der Waals surface area contributed by atoms with Crippen LogP contribution in [0, 0.1) is 0 Å².